The van der Waals surface area contributed by atoms with Crippen molar-refractivity contribution in [1.29, 1.82) is 0 Å². The number of ether oxygens (including phenoxy) is 2. The maximum Gasteiger partial charge on any atom is 0.220 e. The topological polar surface area (TPSA) is 149 Å². The van der Waals surface area contributed by atoms with E-state index in [1.807, 2.05) is 6.08 Å². The van der Waals surface area contributed by atoms with Crippen LogP contribution < -0.4 is 5.32 Å². The molecule has 0 bridgehead atoms. The Bertz CT molecular complexity index is 1410. The lowest BCUT2D eigenvalue weighted by molar-refractivity contribution is -0.302. The van der Waals surface area contributed by atoms with Gasteiger partial charge in [0.15, 0.2) is 6.29 Å². The molecule has 0 saturated carbocycles. The number of hydrogen-bond acceptors (Lipinski definition) is 8. The van der Waals surface area contributed by atoms with Gasteiger partial charge in [-0.3, -0.25) is 4.79 Å². The first-order valence-corrected chi connectivity index (χ1v) is 31.7. The summed E-state index contributed by atoms with van der Waals surface area (Å²) >= 11 is 0. The van der Waals surface area contributed by atoms with E-state index in [2.05, 4.69) is 79.9 Å². The van der Waals surface area contributed by atoms with Gasteiger partial charge < -0.3 is 40.3 Å². The van der Waals surface area contributed by atoms with E-state index < -0.39 is 49.5 Å². The Balaban J connectivity index is 2.21. The van der Waals surface area contributed by atoms with E-state index >= 15 is 0 Å². The normalized spacial score (nSPS) is 19.4. The predicted octanol–water partition coefficient (Wildman–Crippen LogP) is 16.4. The van der Waals surface area contributed by atoms with Crippen molar-refractivity contribution in [3.63, 3.8) is 0 Å². The van der Waals surface area contributed by atoms with Crippen LogP contribution in [0.5, 0.6) is 0 Å². The van der Waals surface area contributed by atoms with Crippen LogP contribution in [0, 0.1) is 0 Å². The molecule has 0 aromatic carbocycles. The summed E-state index contributed by atoms with van der Waals surface area (Å²) in [7, 11) is 0. The molecule has 1 amide bonds. The summed E-state index contributed by atoms with van der Waals surface area (Å²) in [5.74, 6) is -0.188. The molecule has 0 aliphatic carbocycles. The molecule has 75 heavy (non-hydrogen) atoms. The molecule has 7 unspecified atom stereocenters. The minimum atomic E-state index is -1.58. The van der Waals surface area contributed by atoms with Crippen molar-refractivity contribution in [2.75, 3.05) is 13.2 Å². The molecule has 1 heterocycles. The van der Waals surface area contributed by atoms with Gasteiger partial charge in [0.25, 0.3) is 0 Å². The smallest absolute Gasteiger partial charge is 0.220 e. The van der Waals surface area contributed by atoms with Crippen LogP contribution in [0.3, 0.4) is 0 Å². The van der Waals surface area contributed by atoms with Crippen LogP contribution in [0.15, 0.2) is 72.9 Å². The predicted molar refractivity (Wildman–Crippen MR) is 318 cm³/mol. The third-order valence-corrected chi connectivity index (χ3v) is 14.8. The summed E-state index contributed by atoms with van der Waals surface area (Å²) in [5.41, 5.74) is 0. The average Bonchev–Trinajstić information content (AvgIpc) is 3.41. The van der Waals surface area contributed by atoms with Gasteiger partial charge in [-0.05, 0) is 70.6 Å². The number of nitrogens with one attached hydrogen (secondary N) is 1. The molecule has 6 N–H and O–H groups in total. The lowest BCUT2D eigenvalue weighted by Gasteiger charge is -2.40. The molecule has 1 fully saturated rings. The Hall–Kier alpha value is -2.37. The highest BCUT2D eigenvalue weighted by molar-refractivity contribution is 5.76. The van der Waals surface area contributed by atoms with Gasteiger partial charge in [0, 0.05) is 6.42 Å². The van der Waals surface area contributed by atoms with E-state index in [1.54, 1.807) is 6.08 Å². The summed E-state index contributed by atoms with van der Waals surface area (Å²) in [6.45, 7) is 3.68. The highest BCUT2D eigenvalue weighted by Crippen LogP contribution is 2.23. The summed E-state index contributed by atoms with van der Waals surface area (Å²) in [5, 5.41) is 54.6. The van der Waals surface area contributed by atoms with Gasteiger partial charge in [-0.25, -0.2) is 0 Å². The minimum Gasteiger partial charge on any atom is -0.394 e. The van der Waals surface area contributed by atoms with Crippen LogP contribution in [0.2, 0.25) is 0 Å². The van der Waals surface area contributed by atoms with Gasteiger partial charge in [0.05, 0.1) is 25.4 Å². The molecule has 9 nitrogen and oxygen atoms in total. The average molecular weight is 1050 g/mol. The quantitative estimate of drug-likeness (QED) is 0.0261. The standard InChI is InChI=1S/C66H119NO8/c1-3-5-7-9-11-13-15-17-19-21-23-25-27-29-30-32-33-35-37-39-41-43-45-47-49-51-53-55-60(69)59(58-74-66-65(73)64(72)63(71)61(57-68)75-66)67-62(70)56-54-52-50-48-46-44-42-40-38-36-34-31-28-26-24-22-20-18-16-14-12-10-8-6-4-2/h6,8,12,14,18,20,24,26,45,47,53,55,59-61,63-66,68-69,71-73H,3-5,7,9-11,13,15-17,19,21-23,25,27-44,46,48-52,54,56-58H2,1-2H3,(H,67,70)/b8-6-,14-12-,20-18-,26-24-,47-45+,55-53+. The Morgan fingerprint density at radius 3 is 1.28 bits per heavy atom. The van der Waals surface area contributed by atoms with Crippen LogP contribution in [0.25, 0.3) is 0 Å². The largest absolute Gasteiger partial charge is 0.394 e. The minimum absolute atomic E-state index is 0.188. The molecular weight excluding hydrogens is 935 g/mol. The highest BCUT2D eigenvalue weighted by Gasteiger charge is 2.44. The molecule has 0 aromatic heterocycles. The van der Waals surface area contributed by atoms with E-state index in [9.17, 15) is 30.3 Å². The lowest BCUT2D eigenvalue weighted by Crippen LogP contribution is -2.60. The monoisotopic (exact) mass is 1050 g/mol. The Morgan fingerprint density at radius 2 is 0.840 bits per heavy atom. The molecular formula is C66H119NO8. The fourth-order valence-electron chi connectivity index (χ4n) is 9.81. The van der Waals surface area contributed by atoms with Gasteiger partial charge in [-0.15, -0.1) is 0 Å². The number of carbonyl (C=O) groups is 1. The second-order valence-corrected chi connectivity index (χ2v) is 21.8. The van der Waals surface area contributed by atoms with E-state index in [1.165, 1.54) is 199 Å². The molecule has 0 spiro atoms. The van der Waals surface area contributed by atoms with E-state index in [0.29, 0.717) is 6.42 Å². The van der Waals surface area contributed by atoms with Gasteiger partial charge >= 0.3 is 0 Å². The second-order valence-electron chi connectivity index (χ2n) is 21.8. The van der Waals surface area contributed by atoms with Gasteiger partial charge in [-0.1, -0.05) is 279 Å². The molecule has 436 valence electrons. The first-order valence-electron chi connectivity index (χ1n) is 31.7. The molecule has 1 aliphatic heterocycles. The summed E-state index contributed by atoms with van der Waals surface area (Å²) < 4.78 is 11.3. The van der Waals surface area contributed by atoms with Gasteiger partial charge in [0.2, 0.25) is 5.91 Å². The number of aliphatic hydroxyl groups excluding tert-OH is 5. The molecule has 1 rings (SSSR count). The number of allylic oxidation sites excluding steroid dienone is 11. The number of carbonyl (C=O) groups excluding carboxylic acids is 1. The SMILES string of the molecule is CC/C=C\C/C=C\C/C=C\C/C=C\CCCCCCCCCCCCCCC(=O)NC(COC1OC(CO)C(O)C(O)C1O)C(O)/C=C/CC/C=C/CCCCCCCCCCCCCCCCCCCCCCC. The van der Waals surface area contributed by atoms with Crippen molar-refractivity contribution in [3.05, 3.63) is 72.9 Å². The number of amides is 1. The third kappa shape index (κ3) is 44.2. The van der Waals surface area contributed by atoms with Crippen molar-refractivity contribution in [2.45, 2.75) is 326 Å². The van der Waals surface area contributed by atoms with Crippen molar-refractivity contribution < 1.29 is 39.8 Å². The fourth-order valence-corrected chi connectivity index (χ4v) is 9.81. The summed E-state index contributed by atoms with van der Waals surface area (Å²) in [6, 6.07) is -0.828. The first-order chi connectivity index (χ1) is 36.8. The zero-order valence-electron chi connectivity index (χ0n) is 48.5. The van der Waals surface area contributed by atoms with E-state index in [4.69, 9.17) is 9.47 Å². The summed E-state index contributed by atoms with van der Waals surface area (Å²) in [6.07, 6.45) is 69.8. The number of unbranched alkanes of at least 4 members (excludes halogenated alkanes) is 34. The van der Waals surface area contributed by atoms with Gasteiger partial charge in [-0.2, -0.15) is 0 Å². The Labute approximate surface area is 461 Å². The number of hydrogen-bond donors (Lipinski definition) is 6. The van der Waals surface area contributed by atoms with E-state index in [0.717, 1.165) is 64.2 Å². The van der Waals surface area contributed by atoms with Crippen molar-refractivity contribution in [2.24, 2.45) is 0 Å². The van der Waals surface area contributed by atoms with E-state index in [-0.39, 0.29) is 12.5 Å². The molecule has 1 saturated heterocycles. The third-order valence-electron chi connectivity index (χ3n) is 14.8. The Morgan fingerprint density at radius 1 is 0.467 bits per heavy atom. The molecule has 0 aromatic rings. The first kappa shape index (κ1) is 70.6. The van der Waals surface area contributed by atoms with Crippen LogP contribution in [0.1, 0.15) is 284 Å². The van der Waals surface area contributed by atoms with Crippen LogP contribution >= 0.6 is 0 Å². The highest BCUT2D eigenvalue weighted by atomic mass is 16.7. The molecule has 9 heteroatoms. The Kier molecular flexibility index (Phi) is 51.8. The molecule has 0 radical (unpaired) electrons. The molecule has 1 aliphatic rings. The summed E-state index contributed by atoms with van der Waals surface area (Å²) in [4.78, 5) is 13.1. The van der Waals surface area contributed by atoms with Crippen molar-refractivity contribution in [1.82, 2.24) is 5.32 Å². The van der Waals surface area contributed by atoms with Crippen molar-refractivity contribution in [3.8, 4) is 0 Å². The van der Waals surface area contributed by atoms with Crippen molar-refractivity contribution >= 4 is 5.91 Å². The maximum absolute atomic E-state index is 13.1. The number of rotatable bonds is 54. The van der Waals surface area contributed by atoms with Crippen LogP contribution in [0.4, 0.5) is 0 Å². The molecule has 7 atom stereocenters. The number of aliphatic hydroxyl groups is 5. The lowest BCUT2D eigenvalue weighted by atomic mass is 9.99. The zero-order chi connectivity index (χ0) is 54.3. The van der Waals surface area contributed by atoms with Gasteiger partial charge in [0.1, 0.15) is 24.4 Å². The zero-order valence-corrected chi connectivity index (χ0v) is 48.5. The fraction of sp³-hybridized carbons (Fsp3) is 0.803. The maximum atomic E-state index is 13.1. The van der Waals surface area contributed by atoms with Crippen LogP contribution in [-0.2, 0) is 14.3 Å². The van der Waals surface area contributed by atoms with Crippen LogP contribution in [-0.4, -0.2) is 87.5 Å². The second kappa shape index (κ2) is 55.0.